The number of fused-ring (bicyclic) bond motifs is 1. The molecule has 2 N–H and O–H groups in total. The number of hydrogen-bond donors (Lipinski definition) is 2. The molecule has 1 amide bonds. The Labute approximate surface area is 188 Å². The van der Waals surface area contributed by atoms with Gasteiger partial charge in [0.05, 0.1) is 5.56 Å². The second-order valence-electron chi connectivity index (χ2n) is 7.62. The minimum absolute atomic E-state index is 0.0298. The second-order valence-corrected chi connectivity index (χ2v) is 7.62. The summed E-state index contributed by atoms with van der Waals surface area (Å²) in [6, 6.07) is 18.5. The summed E-state index contributed by atoms with van der Waals surface area (Å²) in [7, 11) is 0. The Hall–Kier alpha value is -4.35. The van der Waals surface area contributed by atoms with E-state index < -0.39 is 5.82 Å². The molecule has 0 unspecified atom stereocenters. The van der Waals surface area contributed by atoms with Crippen LogP contribution in [-0.4, -0.2) is 35.1 Å². The number of pyridine rings is 2. The van der Waals surface area contributed by atoms with Crippen LogP contribution in [-0.2, 0) is 0 Å². The topological polar surface area (TPSA) is 99.9 Å². The van der Waals surface area contributed by atoms with Gasteiger partial charge in [-0.1, -0.05) is 6.07 Å². The van der Waals surface area contributed by atoms with Crippen molar-refractivity contribution in [2.45, 2.75) is 6.10 Å². The molecule has 0 atom stereocenters. The van der Waals surface area contributed by atoms with E-state index in [1.807, 2.05) is 24.3 Å². The number of nitriles is 1. The normalized spacial score (nSPS) is 13.2. The number of carbonyl (C=O) groups is 1. The summed E-state index contributed by atoms with van der Waals surface area (Å²) < 4.78 is 20.3. The van der Waals surface area contributed by atoms with Gasteiger partial charge in [-0.05, 0) is 60.2 Å². The SMILES string of the molecule is N#Cc1ccc(-c2ccc(C(=O)Nc3ccc4cccnc4n3)cc2OC2CNC2)cc1F. The summed E-state index contributed by atoms with van der Waals surface area (Å²) in [5.74, 6) is -0.113. The van der Waals surface area contributed by atoms with E-state index in [0.29, 0.717) is 47.0 Å². The maximum absolute atomic E-state index is 14.2. The van der Waals surface area contributed by atoms with Crippen molar-refractivity contribution in [2.24, 2.45) is 0 Å². The van der Waals surface area contributed by atoms with E-state index in [1.54, 1.807) is 36.5 Å². The molecule has 0 spiro atoms. The van der Waals surface area contributed by atoms with Crippen molar-refractivity contribution in [3.63, 3.8) is 0 Å². The first-order valence-electron chi connectivity index (χ1n) is 10.4. The van der Waals surface area contributed by atoms with Gasteiger partial charge < -0.3 is 15.4 Å². The van der Waals surface area contributed by atoms with Gasteiger partial charge in [0.15, 0.2) is 5.65 Å². The summed E-state index contributed by atoms with van der Waals surface area (Å²) >= 11 is 0. The van der Waals surface area contributed by atoms with Crippen LogP contribution in [0.3, 0.4) is 0 Å². The van der Waals surface area contributed by atoms with Crippen LogP contribution in [0.25, 0.3) is 22.2 Å². The van der Waals surface area contributed by atoms with Gasteiger partial charge in [0.2, 0.25) is 0 Å². The maximum atomic E-state index is 14.2. The van der Waals surface area contributed by atoms with E-state index in [2.05, 4.69) is 20.6 Å². The lowest BCUT2D eigenvalue weighted by Gasteiger charge is -2.29. The predicted molar refractivity (Wildman–Crippen MR) is 121 cm³/mol. The number of nitrogens with zero attached hydrogens (tertiary/aromatic N) is 3. The Kier molecular flexibility index (Phi) is 5.39. The van der Waals surface area contributed by atoms with E-state index in [0.717, 1.165) is 5.39 Å². The zero-order chi connectivity index (χ0) is 22.8. The second kappa shape index (κ2) is 8.65. The molecule has 5 rings (SSSR count). The highest BCUT2D eigenvalue weighted by atomic mass is 19.1. The van der Waals surface area contributed by atoms with Crippen molar-refractivity contribution >= 4 is 22.8 Å². The third-order valence-corrected chi connectivity index (χ3v) is 5.39. The summed E-state index contributed by atoms with van der Waals surface area (Å²) in [5.41, 5.74) is 2.07. The molecular formula is C25H18FN5O2. The quantitative estimate of drug-likeness (QED) is 0.489. The number of halogens is 1. The number of anilines is 1. The molecule has 8 heteroatoms. The molecule has 1 saturated heterocycles. The minimum atomic E-state index is -0.607. The molecule has 4 aromatic rings. The Balaban J connectivity index is 1.46. The molecule has 2 aromatic carbocycles. The molecule has 0 saturated carbocycles. The number of benzene rings is 2. The van der Waals surface area contributed by atoms with E-state index in [1.165, 1.54) is 12.1 Å². The third-order valence-electron chi connectivity index (χ3n) is 5.39. The molecule has 1 aliphatic heterocycles. The molecule has 1 fully saturated rings. The van der Waals surface area contributed by atoms with Gasteiger partial charge in [0.25, 0.3) is 5.91 Å². The van der Waals surface area contributed by atoms with Gasteiger partial charge in [-0.25, -0.2) is 14.4 Å². The first-order chi connectivity index (χ1) is 16.1. The first kappa shape index (κ1) is 20.5. The molecule has 0 radical (unpaired) electrons. The minimum Gasteiger partial charge on any atom is -0.487 e. The highest BCUT2D eigenvalue weighted by Gasteiger charge is 2.22. The molecule has 33 heavy (non-hydrogen) atoms. The molecule has 0 aliphatic carbocycles. The van der Waals surface area contributed by atoms with Gasteiger partial charge >= 0.3 is 0 Å². The molecule has 162 valence electrons. The summed E-state index contributed by atoms with van der Waals surface area (Å²) in [5, 5.41) is 15.8. The Morgan fingerprint density at radius 2 is 2.03 bits per heavy atom. The molecule has 7 nitrogen and oxygen atoms in total. The van der Waals surface area contributed by atoms with Crippen LogP contribution in [0.2, 0.25) is 0 Å². The van der Waals surface area contributed by atoms with Gasteiger partial charge in [-0.3, -0.25) is 4.79 Å². The van der Waals surface area contributed by atoms with Gasteiger partial charge in [-0.15, -0.1) is 0 Å². The highest BCUT2D eigenvalue weighted by Crippen LogP contribution is 2.33. The fraction of sp³-hybridized carbons (Fsp3) is 0.120. The van der Waals surface area contributed by atoms with Crippen LogP contribution in [0.1, 0.15) is 15.9 Å². The number of nitrogens with one attached hydrogen (secondary N) is 2. The van der Waals surface area contributed by atoms with Crippen molar-refractivity contribution in [3.05, 3.63) is 83.8 Å². The number of aromatic nitrogens is 2. The Morgan fingerprint density at radius 1 is 1.15 bits per heavy atom. The lowest BCUT2D eigenvalue weighted by molar-refractivity contribution is 0.102. The van der Waals surface area contributed by atoms with Crippen molar-refractivity contribution < 1.29 is 13.9 Å². The van der Waals surface area contributed by atoms with Gasteiger partial charge in [0, 0.05) is 35.8 Å². The smallest absolute Gasteiger partial charge is 0.256 e. The zero-order valence-corrected chi connectivity index (χ0v) is 17.4. The van der Waals surface area contributed by atoms with Crippen molar-refractivity contribution in [1.82, 2.24) is 15.3 Å². The Bertz CT molecular complexity index is 1410. The predicted octanol–water partition coefficient (Wildman–Crippen LogP) is 3.91. The van der Waals surface area contributed by atoms with Crippen molar-refractivity contribution in [3.8, 4) is 22.9 Å². The van der Waals surface area contributed by atoms with E-state index in [4.69, 9.17) is 10.00 Å². The van der Waals surface area contributed by atoms with Gasteiger partial charge in [-0.2, -0.15) is 5.26 Å². The number of carbonyl (C=O) groups excluding carboxylic acids is 1. The standard InChI is InChI=1S/C25H18FN5O2/c26-21-10-16(3-4-18(21)12-27)20-7-5-17(11-22(20)33-19-13-28-14-19)25(32)31-23-8-6-15-2-1-9-29-24(15)30-23/h1-11,19,28H,13-14H2,(H,29,30,31,32). The van der Waals surface area contributed by atoms with E-state index >= 15 is 0 Å². The molecule has 2 aromatic heterocycles. The fourth-order valence-electron chi connectivity index (χ4n) is 3.51. The van der Waals surface area contributed by atoms with Crippen molar-refractivity contribution in [1.29, 1.82) is 5.26 Å². The van der Waals surface area contributed by atoms with Crippen molar-refractivity contribution in [2.75, 3.05) is 18.4 Å². The summed E-state index contributed by atoms with van der Waals surface area (Å²) in [6.07, 6.45) is 1.60. The number of rotatable bonds is 5. The largest absolute Gasteiger partial charge is 0.487 e. The molecule has 0 bridgehead atoms. The van der Waals surface area contributed by atoms with Crippen LogP contribution in [0.15, 0.2) is 66.9 Å². The van der Waals surface area contributed by atoms with Crippen LogP contribution in [0.5, 0.6) is 5.75 Å². The van der Waals surface area contributed by atoms with E-state index in [9.17, 15) is 9.18 Å². The first-order valence-corrected chi connectivity index (χ1v) is 10.4. The van der Waals surface area contributed by atoms with E-state index in [-0.39, 0.29) is 17.6 Å². The zero-order valence-electron chi connectivity index (χ0n) is 17.4. The average Bonchev–Trinajstić information content (AvgIpc) is 2.81. The molecular weight excluding hydrogens is 421 g/mol. The lowest BCUT2D eigenvalue weighted by atomic mass is 10.0. The maximum Gasteiger partial charge on any atom is 0.256 e. The van der Waals surface area contributed by atoms with Crippen LogP contribution < -0.4 is 15.4 Å². The lowest BCUT2D eigenvalue weighted by Crippen LogP contribution is -2.50. The van der Waals surface area contributed by atoms with Gasteiger partial charge in [0.1, 0.15) is 29.6 Å². The average molecular weight is 439 g/mol. The number of amides is 1. The fourth-order valence-corrected chi connectivity index (χ4v) is 3.51. The third kappa shape index (κ3) is 4.22. The number of ether oxygens (including phenoxy) is 1. The monoisotopic (exact) mass is 439 g/mol. The summed E-state index contributed by atoms with van der Waals surface area (Å²) in [4.78, 5) is 21.5. The summed E-state index contributed by atoms with van der Waals surface area (Å²) in [6.45, 7) is 1.37. The molecule has 3 heterocycles. The Morgan fingerprint density at radius 3 is 2.79 bits per heavy atom. The van der Waals surface area contributed by atoms with Crippen LogP contribution in [0, 0.1) is 17.1 Å². The van der Waals surface area contributed by atoms with Crippen LogP contribution >= 0.6 is 0 Å². The van der Waals surface area contributed by atoms with Crippen LogP contribution in [0.4, 0.5) is 10.2 Å². The number of hydrogen-bond acceptors (Lipinski definition) is 6. The molecule has 1 aliphatic rings. The highest BCUT2D eigenvalue weighted by molar-refractivity contribution is 6.04.